The van der Waals surface area contributed by atoms with E-state index in [0.29, 0.717) is 23.6 Å². The summed E-state index contributed by atoms with van der Waals surface area (Å²) < 4.78 is 13.2. The predicted molar refractivity (Wildman–Crippen MR) is 75.6 cm³/mol. The van der Waals surface area contributed by atoms with Gasteiger partial charge >= 0.3 is 0 Å². The largest absolute Gasteiger partial charge is 0.508 e. The molecule has 1 aromatic carbocycles. The number of halogens is 1. The van der Waals surface area contributed by atoms with Crippen molar-refractivity contribution in [1.82, 2.24) is 4.90 Å². The zero-order valence-corrected chi connectivity index (χ0v) is 12.1. The van der Waals surface area contributed by atoms with Crippen LogP contribution in [0.25, 0.3) is 0 Å². The Morgan fingerprint density at radius 3 is 2.58 bits per heavy atom. The molecule has 3 heteroatoms. The quantitative estimate of drug-likeness (QED) is 0.895. The second-order valence-electron chi connectivity index (χ2n) is 6.58. The van der Waals surface area contributed by atoms with Gasteiger partial charge in [0, 0.05) is 18.2 Å². The molecule has 1 aliphatic carbocycles. The first-order valence-corrected chi connectivity index (χ1v) is 7.05. The molecule has 0 amide bonds. The van der Waals surface area contributed by atoms with E-state index in [2.05, 4.69) is 25.8 Å². The molecule has 1 fully saturated rings. The number of hydrogen-bond donors (Lipinski definition) is 1. The molecule has 0 heterocycles. The molecule has 19 heavy (non-hydrogen) atoms. The lowest BCUT2D eigenvalue weighted by atomic mass is 9.75. The highest BCUT2D eigenvalue weighted by Gasteiger charge is 2.28. The summed E-state index contributed by atoms with van der Waals surface area (Å²) in [6, 6.07) is 4.69. The van der Waals surface area contributed by atoms with Gasteiger partial charge in [0.2, 0.25) is 0 Å². The molecule has 0 aliphatic heterocycles. The van der Waals surface area contributed by atoms with Crippen molar-refractivity contribution in [3.05, 3.63) is 29.6 Å². The lowest BCUT2D eigenvalue weighted by Gasteiger charge is -2.38. The second-order valence-corrected chi connectivity index (χ2v) is 6.58. The SMILES string of the molecule is CN(Cc1cc(F)ccc1O)C1CCC(C)(C)CC1. The molecule has 2 rings (SSSR count). The average Bonchev–Trinajstić information content (AvgIpc) is 2.33. The highest BCUT2D eigenvalue weighted by atomic mass is 19.1. The Labute approximate surface area is 115 Å². The minimum atomic E-state index is -0.286. The van der Waals surface area contributed by atoms with Crippen LogP contribution in [0, 0.1) is 11.2 Å². The van der Waals surface area contributed by atoms with E-state index in [1.165, 1.54) is 43.9 Å². The van der Waals surface area contributed by atoms with E-state index in [1.54, 1.807) is 0 Å². The number of phenolic OH excluding ortho intramolecular Hbond substituents is 1. The lowest BCUT2D eigenvalue weighted by Crippen LogP contribution is -2.36. The Bertz CT molecular complexity index is 434. The summed E-state index contributed by atoms with van der Waals surface area (Å²) in [6.45, 7) is 5.25. The maximum absolute atomic E-state index is 13.2. The van der Waals surface area contributed by atoms with Crippen molar-refractivity contribution in [2.24, 2.45) is 5.41 Å². The molecule has 106 valence electrons. The van der Waals surface area contributed by atoms with Gasteiger partial charge in [-0.2, -0.15) is 0 Å². The molecular formula is C16H24FNO. The lowest BCUT2D eigenvalue weighted by molar-refractivity contribution is 0.122. The molecule has 0 saturated heterocycles. The molecule has 0 atom stereocenters. The summed E-state index contributed by atoms with van der Waals surface area (Å²) in [5, 5.41) is 9.77. The fourth-order valence-corrected chi connectivity index (χ4v) is 2.90. The van der Waals surface area contributed by atoms with Gasteiger partial charge in [-0.1, -0.05) is 13.8 Å². The van der Waals surface area contributed by atoms with Crippen molar-refractivity contribution in [2.45, 2.75) is 52.1 Å². The molecule has 0 bridgehead atoms. The first-order chi connectivity index (χ1) is 8.87. The van der Waals surface area contributed by atoms with E-state index in [1.807, 2.05) is 0 Å². The van der Waals surface area contributed by atoms with E-state index in [4.69, 9.17) is 0 Å². The van der Waals surface area contributed by atoms with E-state index in [0.717, 1.165) is 0 Å². The monoisotopic (exact) mass is 265 g/mol. The molecular weight excluding hydrogens is 241 g/mol. The first-order valence-electron chi connectivity index (χ1n) is 7.05. The van der Waals surface area contributed by atoms with Crippen LogP contribution in [0.5, 0.6) is 5.75 Å². The summed E-state index contributed by atoms with van der Waals surface area (Å²) in [6.07, 6.45) is 4.83. The third-order valence-corrected chi connectivity index (χ3v) is 4.39. The van der Waals surface area contributed by atoms with E-state index in [-0.39, 0.29) is 11.6 Å². The third-order valence-electron chi connectivity index (χ3n) is 4.39. The molecule has 1 aromatic rings. The van der Waals surface area contributed by atoms with Crippen molar-refractivity contribution in [3.8, 4) is 5.75 Å². The molecule has 2 nitrogen and oxygen atoms in total. The van der Waals surface area contributed by atoms with E-state index in [9.17, 15) is 9.50 Å². The topological polar surface area (TPSA) is 23.5 Å². The van der Waals surface area contributed by atoms with Gasteiger partial charge in [-0.3, -0.25) is 4.90 Å². The van der Waals surface area contributed by atoms with Gasteiger partial charge in [0.15, 0.2) is 0 Å². The molecule has 0 unspecified atom stereocenters. The summed E-state index contributed by atoms with van der Waals surface area (Å²) in [5.74, 6) is -0.102. The maximum atomic E-state index is 13.2. The van der Waals surface area contributed by atoms with Gasteiger partial charge in [0.25, 0.3) is 0 Å². The van der Waals surface area contributed by atoms with Crippen molar-refractivity contribution in [3.63, 3.8) is 0 Å². The third kappa shape index (κ3) is 3.69. The van der Waals surface area contributed by atoms with Crippen LogP contribution in [0.2, 0.25) is 0 Å². The number of phenols is 1. The van der Waals surface area contributed by atoms with E-state index >= 15 is 0 Å². The van der Waals surface area contributed by atoms with Crippen LogP contribution in [0.15, 0.2) is 18.2 Å². The van der Waals surface area contributed by atoms with Gasteiger partial charge < -0.3 is 5.11 Å². The molecule has 0 spiro atoms. The van der Waals surface area contributed by atoms with Crippen molar-refractivity contribution >= 4 is 0 Å². The Hall–Kier alpha value is -1.09. The molecule has 1 saturated carbocycles. The number of aromatic hydroxyl groups is 1. The van der Waals surface area contributed by atoms with Crippen molar-refractivity contribution < 1.29 is 9.50 Å². The summed E-state index contributed by atoms with van der Waals surface area (Å²) in [5.41, 5.74) is 1.13. The molecule has 1 aliphatic rings. The highest BCUT2D eigenvalue weighted by molar-refractivity contribution is 5.32. The number of rotatable bonds is 3. The molecule has 1 N–H and O–H groups in total. The van der Waals surface area contributed by atoms with Gasteiger partial charge in [0.1, 0.15) is 11.6 Å². The Balaban J connectivity index is 1.98. The minimum Gasteiger partial charge on any atom is -0.508 e. The minimum absolute atomic E-state index is 0.185. The molecule has 0 aromatic heterocycles. The highest BCUT2D eigenvalue weighted by Crippen LogP contribution is 2.37. The van der Waals surface area contributed by atoms with Crippen LogP contribution < -0.4 is 0 Å². The van der Waals surface area contributed by atoms with Gasteiger partial charge in [-0.25, -0.2) is 4.39 Å². The Kier molecular flexibility index (Phi) is 4.14. The zero-order valence-electron chi connectivity index (χ0n) is 12.1. The average molecular weight is 265 g/mol. The van der Waals surface area contributed by atoms with Gasteiger partial charge in [0.05, 0.1) is 0 Å². The summed E-state index contributed by atoms with van der Waals surface area (Å²) in [7, 11) is 2.06. The van der Waals surface area contributed by atoms with E-state index < -0.39 is 0 Å². The summed E-state index contributed by atoms with van der Waals surface area (Å²) >= 11 is 0. The smallest absolute Gasteiger partial charge is 0.123 e. The normalized spacial score (nSPS) is 19.8. The van der Waals surface area contributed by atoms with Gasteiger partial charge in [-0.05, 0) is 56.3 Å². The number of nitrogens with zero attached hydrogens (tertiary/aromatic N) is 1. The maximum Gasteiger partial charge on any atom is 0.123 e. The van der Waals surface area contributed by atoms with Crippen LogP contribution in [-0.2, 0) is 6.54 Å². The number of benzene rings is 1. The zero-order chi connectivity index (χ0) is 14.0. The fourth-order valence-electron chi connectivity index (χ4n) is 2.90. The van der Waals surface area contributed by atoms with Crippen molar-refractivity contribution in [1.29, 1.82) is 0 Å². The van der Waals surface area contributed by atoms with Crippen molar-refractivity contribution in [2.75, 3.05) is 7.05 Å². The van der Waals surface area contributed by atoms with Gasteiger partial charge in [-0.15, -0.1) is 0 Å². The van der Waals surface area contributed by atoms with Crippen LogP contribution in [0.4, 0.5) is 4.39 Å². The Morgan fingerprint density at radius 2 is 1.95 bits per heavy atom. The first kappa shape index (κ1) is 14.3. The predicted octanol–water partition coefficient (Wildman–Crippen LogP) is 3.93. The standard InChI is InChI=1S/C16H24FNO/c1-16(2)8-6-14(7-9-16)18(3)11-12-10-13(17)4-5-15(12)19/h4-5,10,14,19H,6-9,11H2,1-3H3. The fraction of sp³-hybridized carbons (Fsp3) is 0.625. The molecule has 0 radical (unpaired) electrons. The van der Waals surface area contributed by atoms with Crippen LogP contribution in [0.3, 0.4) is 0 Å². The second kappa shape index (κ2) is 5.49. The van der Waals surface area contributed by atoms with Crippen LogP contribution >= 0.6 is 0 Å². The Morgan fingerprint density at radius 1 is 1.32 bits per heavy atom. The van der Waals surface area contributed by atoms with Crippen LogP contribution in [0.1, 0.15) is 45.1 Å². The van der Waals surface area contributed by atoms with Crippen LogP contribution in [-0.4, -0.2) is 23.1 Å². The summed E-state index contributed by atoms with van der Waals surface area (Å²) in [4.78, 5) is 2.24. The number of hydrogen-bond acceptors (Lipinski definition) is 2.